The fourth-order valence-corrected chi connectivity index (χ4v) is 2.39. The predicted octanol–water partition coefficient (Wildman–Crippen LogP) is 1.07. The van der Waals surface area contributed by atoms with Gasteiger partial charge in [0.05, 0.1) is 12.6 Å². The highest BCUT2D eigenvalue weighted by Gasteiger charge is 2.23. The van der Waals surface area contributed by atoms with Gasteiger partial charge in [0.15, 0.2) is 0 Å². The van der Waals surface area contributed by atoms with Crippen LogP contribution in [0, 0.1) is 12.7 Å². The molecule has 0 spiro atoms. The summed E-state index contributed by atoms with van der Waals surface area (Å²) >= 11 is 0. The minimum atomic E-state index is -0.198. The molecular formula is C13H19FN2O. The van der Waals surface area contributed by atoms with Gasteiger partial charge >= 0.3 is 0 Å². The molecule has 1 saturated heterocycles. The van der Waals surface area contributed by atoms with Crippen molar-refractivity contribution >= 4 is 0 Å². The molecule has 0 amide bonds. The largest absolute Gasteiger partial charge is 0.394 e. The van der Waals surface area contributed by atoms with Crippen LogP contribution in [0.3, 0.4) is 0 Å². The van der Waals surface area contributed by atoms with Gasteiger partial charge in [0.1, 0.15) is 5.82 Å². The van der Waals surface area contributed by atoms with E-state index in [9.17, 15) is 9.50 Å². The molecule has 0 unspecified atom stereocenters. The normalized spacial score (nSPS) is 19.2. The van der Waals surface area contributed by atoms with Crippen LogP contribution in [0.4, 0.5) is 4.39 Å². The molecule has 3 nitrogen and oxygen atoms in total. The Morgan fingerprint density at radius 3 is 2.76 bits per heavy atom. The third-order valence-corrected chi connectivity index (χ3v) is 3.43. The number of halogens is 1. The number of piperazine rings is 1. The van der Waals surface area contributed by atoms with E-state index in [0.717, 1.165) is 31.7 Å². The number of hydrogen-bond acceptors (Lipinski definition) is 3. The minimum Gasteiger partial charge on any atom is -0.394 e. The maximum absolute atomic E-state index is 13.5. The van der Waals surface area contributed by atoms with Crippen LogP contribution >= 0.6 is 0 Å². The molecular weight excluding hydrogens is 219 g/mol. The van der Waals surface area contributed by atoms with E-state index in [2.05, 4.69) is 10.2 Å². The second kappa shape index (κ2) is 5.58. The summed E-state index contributed by atoms with van der Waals surface area (Å²) in [7, 11) is 0. The first kappa shape index (κ1) is 12.5. The van der Waals surface area contributed by atoms with Crippen molar-refractivity contribution in [2.24, 2.45) is 0 Å². The summed E-state index contributed by atoms with van der Waals surface area (Å²) in [6.07, 6.45) is 0. The second-order valence-electron chi connectivity index (χ2n) is 4.44. The Morgan fingerprint density at radius 2 is 2.12 bits per heavy atom. The molecule has 2 rings (SSSR count). The summed E-state index contributed by atoms with van der Waals surface area (Å²) in [4.78, 5) is 2.21. The number of aliphatic hydroxyl groups excluding tert-OH is 1. The van der Waals surface area contributed by atoms with Crippen molar-refractivity contribution in [1.82, 2.24) is 10.2 Å². The molecule has 0 aromatic heterocycles. The van der Waals surface area contributed by atoms with Crippen LogP contribution in [0.25, 0.3) is 0 Å². The Hall–Kier alpha value is -0.970. The third kappa shape index (κ3) is 2.65. The van der Waals surface area contributed by atoms with Crippen LogP contribution in [0.5, 0.6) is 0 Å². The smallest absolute Gasteiger partial charge is 0.126 e. The fraction of sp³-hybridized carbons (Fsp3) is 0.538. The molecule has 1 heterocycles. The first-order chi connectivity index (χ1) is 8.24. The fourth-order valence-electron chi connectivity index (χ4n) is 2.39. The lowest BCUT2D eigenvalue weighted by atomic mass is 9.99. The summed E-state index contributed by atoms with van der Waals surface area (Å²) in [5.74, 6) is -0.198. The van der Waals surface area contributed by atoms with Gasteiger partial charge in [-0.2, -0.15) is 0 Å². The summed E-state index contributed by atoms with van der Waals surface area (Å²) in [5, 5.41) is 12.8. The van der Waals surface area contributed by atoms with Crippen LogP contribution in [0.1, 0.15) is 17.2 Å². The number of nitrogens with one attached hydrogen (secondary N) is 1. The Labute approximate surface area is 101 Å². The average Bonchev–Trinajstić information content (AvgIpc) is 2.37. The van der Waals surface area contributed by atoms with E-state index in [0.29, 0.717) is 5.56 Å². The van der Waals surface area contributed by atoms with E-state index in [1.54, 1.807) is 13.0 Å². The molecule has 1 atom stereocenters. The van der Waals surface area contributed by atoms with Gasteiger partial charge in [-0.25, -0.2) is 4.39 Å². The molecule has 1 fully saturated rings. The molecule has 4 heteroatoms. The Bertz CT molecular complexity index is 378. The molecule has 17 heavy (non-hydrogen) atoms. The van der Waals surface area contributed by atoms with Crippen LogP contribution in [-0.2, 0) is 0 Å². The number of rotatable bonds is 3. The van der Waals surface area contributed by atoms with Crippen LogP contribution in [0.15, 0.2) is 18.2 Å². The summed E-state index contributed by atoms with van der Waals surface area (Å²) in [6.45, 7) is 5.43. The molecule has 0 radical (unpaired) electrons. The molecule has 0 bridgehead atoms. The van der Waals surface area contributed by atoms with Crippen LogP contribution < -0.4 is 5.32 Å². The van der Waals surface area contributed by atoms with Gasteiger partial charge in [-0.15, -0.1) is 0 Å². The van der Waals surface area contributed by atoms with Crippen molar-refractivity contribution in [1.29, 1.82) is 0 Å². The van der Waals surface area contributed by atoms with Crippen molar-refractivity contribution in [2.45, 2.75) is 13.0 Å². The van der Waals surface area contributed by atoms with Gasteiger partial charge in [-0.1, -0.05) is 12.1 Å². The molecule has 0 saturated carbocycles. The second-order valence-corrected chi connectivity index (χ2v) is 4.44. The minimum absolute atomic E-state index is 0.0320. The summed E-state index contributed by atoms with van der Waals surface area (Å²) in [5.41, 5.74) is 1.54. The molecule has 1 aliphatic rings. The van der Waals surface area contributed by atoms with E-state index in [4.69, 9.17) is 0 Å². The molecule has 94 valence electrons. The maximum atomic E-state index is 13.5. The van der Waals surface area contributed by atoms with E-state index in [-0.39, 0.29) is 18.5 Å². The van der Waals surface area contributed by atoms with Crippen molar-refractivity contribution < 1.29 is 9.50 Å². The highest BCUT2D eigenvalue weighted by molar-refractivity contribution is 5.30. The van der Waals surface area contributed by atoms with Crippen LogP contribution in [-0.4, -0.2) is 42.8 Å². The predicted molar refractivity (Wildman–Crippen MR) is 65.4 cm³/mol. The maximum Gasteiger partial charge on any atom is 0.126 e. The highest BCUT2D eigenvalue weighted by atomic mass is 19.1. The molecule has 0 aliphatic carbocycles. The zero-order chi connectivity index (χ0) is 12.3. The van der Waals surface area contributed by atoms with Gasteiger partial charge in [0, 0.05) is 26.2 Å². The van der Waals surface area contributed by atoms with Gasteiger partial charge in [0.25, 0.3) is 0 Å². The molecule has 1 aromatic rings. The lowest BCUT2D eigenvalue weighted by molar-refractivity contribution is 0.110. The van der Waals surface area contributed by atoms with Gasteiger partial charge in [0.2, 0.25) is 0 Å². The number of hydrogen-bond donors (Lipinski definition) is 2. The lowest BCUT2D eigenvalue weighted by Gasteiger charge is -2.34. The van der Waals surface area contributed by atoms with E-state index in [1.807, 2.05) is 6.07 Å². The zero-order valence-electron chi connectivity index (χ0n) is 10.1. The van der Waals surface area contributed by atoms with Crippen molar-refractivity contribution in [3.8, 4) is 0 Å². The standard InChI is InChI=1S/C13H19FN2O/c1-10-11(3-2-4-12(10)14)13(9-17)16-7-5-15-6-8-16/h2-4,13,15,17H,5-9H2,1H3/t13-/m1/s1. The van der Waals surface area contributed by atoms with E-state index < -0.39 is 0 Å². The Balaban J connectivity index is 2.24. The zero-order valence-corrected chi connectivity index (χ0v) is 10.1. The van der Waals surface area contributed by atoms with Gasteiger partial charge in [-0.05, 0) is 24.1 Å². The first-order valence-electron chi connectivity index (χ1n) is 6.04. The first-order valence-corrected chi connectivity index (χ1v) is 6.04. The monoisotopic (exact) mass is 238 g/mol. The van der Waals surface area contributed by atoms with Crippen LogP contribution in [0.2, 0.25) is 0 Å². The summed E-state index contributed by atoms with van der Waals surface area (Å²) < 4.78 is 13.5. The van der Waals surface area contributed by atoms with Gasteiger partial charge in [-0.3, -0.25) is 4.90 Å². The topological polar surface area (TPSA) is 35.5 Å². The quantitative estimate of drug-likeness (QED) is 0.827. The third-order valence-electron chi connectivity index (χ3n) is 3.43. The van der Waals surface area contributed by atoms with Crippen molar-refractivity contribution in [3.63, 3.8) is 0 Å². The SMILES string of the molecule is Cc1c(F)cccc1[C@@H](CO)N1CCNCC1. The number of aliphatic hydroxyl groups is 1. The molecule has 1 aromatic carbocycles. The highest BCUT2D eigenvalue weighted by Crippen LogP contribution is 2.25. The number of benzene rings is 1. The Kier molecular flexibility index (Phi) is 4.10. The van der Waals surface area contributed by atoms with E-state index in [1.165, 1.54) is 6.07 Å². The average molecular weight is 238 g/mol. The number of nitrogens with zero attached hydrogens (tertiary/aromatic N) is 1. The summed E-state index contributed by atoms with van der Waals surface area (Å²) in [6, 6.07) is 4.99. The molecule has 2 N–H and O–H groups in total. The van der Waals surface area contributed by atoms with Gasteiger partial charge < -0.3 is 10.4 Å². The molecule has 1 aliphatic heterocycles. The Morgan fingerprint density at radius 1 is 1.41 bits per heavy atom. The van der Waals surface area contributed by atoms with E-state index >= 15 is 0 Å². The van der Waals surface area contributed by atoms with Crippen molar-refractivity contribution in [2.75, 3.05) is 32.8 Å². The van der Waals surface area contributed by atoms with Crippen molar-refractivity contribution in [3.05, 3.63) is 35.1 Å². The lowest BCUT2D eigenvalue weighted by Crippen LogP contribution is -2.46.